The average Bonchev–Trinajstić information content (AvgIpc) is 2.47. The molecule has 0 aliphatic rings. The van der Waals surface area contributed by atoms with E-state index in [-0.39, 0.29) is 29.1 Å². The molecule has 0 saturated carbocycles. The van der Waals surface area contributed by atoms with Gasteiger partial charge in [0.2, 0.25) is 0 Å². The second-order valence-electron chi connectivity index (χ2n) is 5.72. The number of nitrogens with two attached hydrogens (primary N) is 1. The van der Waals surface area contributed by atoms with Crippen molar-refractivity contribution in [3.8, 4) is 0 Å². The van der Waals surface area contributed by atoms with Gasteiger partial charge in [-0.25, -0.2) is 4.39 Å². The lowest BCUT2D eigenvalue weighted by atomic mass is 9.79. The zero-order valence-electron chi connectivity index (χ0n) is 12.9. The van der Waals surface area contributed by atoms with Crippen LogP contribution in [0.25, 0.3) is 0 Å². The van der Waals surface area contributed by atoms with Crippen LogP contribution in [0.4, 0.5) is 10.1 Å². The van der Waals surface area contributed by atoms with Gasteiger partial charge >= 0.3 is 0 Å². The molecule has 0 bridgehead atoms. The number of nitrogen functional groups attached to an aromatic ring is 1. The molecule has 2 atom stereocenters. The Hall–Kier alpha value is -1.58. The number of hydrogen-bond donors (Lipinski definition) is 1. The number of rotatable bonds is 5. The van der Waals surface area contributed by atoms with E-state index in [1.54, 1.807) is 24.3 Å². The number of hydrogen-bond acceptors (Lipinski definition) is 2. The quantitative estimate of drug-likeness (QED) is 0.712. The van der Waals surface area contributed by atoms with Crippen molar-refractivity contribution in [1.82, 2.24) is 0 Å². The van der Waals surface area contributed by atoms with Crippen LogP contribution in [0, 0.1) is 5.82 Å². The molecule has 2 aromatic carbocycles. The highest BCUT2D eigenvalue weighted by Crippen LogP contribution is 2.40. The van der Waals surface area contributed by atoms with E-state index < -0.39 is 5.82 Å². The third-order valence-corrected chi connectivity index (χ3v) is 4.56. The minimum Gasteiger partial charge on any atom is -0.398 e. The summed E-state index contributed by atoms with van der Waals surface area (Å²) in [6, 6.07) is 10.1. The van der Waals surface area contributed by atoms with Gasteiger partial charge in [-0.15, -0.1) is 0 Å². The van der Waals surface area contributed by atoms with Crippen LogP contribution in [0.3, 0.4) is 0 Å². The Kier molecular flexibility index (Phi) is 5.66. The second-order valence-corrected chi connectivity index (χ2v) is 6.56. The van der Waals surface area contributed by atoms with Crippen molar-refractivity contribution in [1.29, 1.82) is 0 Å². The fourth-order valence-corrected chi connectivity index (χ4v) is 3.21. The molecule has 23 heavy (non-hydrogen) atoms. The predicted octanol–water partition coefficient (Wildman–Crippen LogP) is 5.58. The Morgan fingerprint density at radius 1 is 1.22 bits per heavy atom. The van der Waals surface area contributed by atoms with Crippen LogP contribution < -0.4 is 5.73 Å². The number of halogens is 3. The fourth-order valence-electron chi connectivity index (χ4n) is 2.85. The highest BCUT2D eigenvalue weighted by molar-refractivity contribution is 6.31. The molecule has 0 aliphatic heterocycles. The Bertz CT molecular complexity index is 733. The van der Waals surface area contributed by atoms with E-state index in [4.69, 9.17) is 28.9 Å². The Balaban J connectivity index is 2.49. The number of anilines is 1. The van der Waals surface area contributed by atoms with Gasteiger partial charge in [0.1, 0.15) is 11.6 Å². The molecule has 0 aliphatic carbocycles. The maximum Gasteiger partial charge on any atom is 0.145 e. The minimum absolute atomic E-state index is 0.0197. The zero-order valence-corrected chi connectivity index (χ0v) is 14.5. The maximum absolute atomic E-state index is 14.4. The number of carbonyl (C=O) groups is 1. The number of benzene rings is 2. The van der Waals surface area contributed by atoms with Gasteiger partial charge in [-0.3, -0.25) is 0 Å². The Morgan fingerprint density at radius 2 is 1.91 bits per heavy atom. The molecule has 0 fully saturated rings. The third-order valence-electron chi connectivity index (χ3n) is 4.03. The highest BCUT2D eigenvalue weighted by atomic mass is 35.5. The van der Waals surface area contributed by atoms with Crippen LogP contribution in [0.15, 0.2) is 36.4 Å². The van der Waals surface area contributed by atoms with Crippen molar-refractivity contribution < 1.29 is 9.18 Å². The fraction of sp³-hybridized carbons (Fsp3) is 0.278. The van der Waals surface area contributed by atoms with Crippen LogP contribution in [-0.4, -0.2) is 5.78 Å². The van der Waals surface area contributed by atoms with E-state index in [2.05, 4.69) is 0 Å². The van der Waals surface area contributed by atoms with Crippen molar-refractivity contribution in [2.24, 2.45) is 0 Å². The summed E-state index contributed by atoms with van der Waals surface area (Å²) in [6.45, 7) is 3.42. The summed E-state index contributed by atoms with van der Waals surface area (Å²) >= 11 is 11.8. The Morgan fingerprint density at radius 3 is 2.52 bits per heavy atom. The van der Waals surface area contributed by atoms with E-state index >= 15 is 0 Å². The van der Waals surface area contributed by atoms with Crippen LogP contribution in [0.5, 0.6) is 0 Å². The normalized spacial score (nSPS) is 13.6. The third kappa shape index (κ3) is 4.04. The molecule has 2 rings (SSSR count). The van der Waals surface area contributed by atoms with Crippen molar-refractivity contribution in [3.05, 3.63) is 63.4 Å². The van der Waals surface area contributed by atoms with Gasteiger partial charge in [-0.05, 0) is 42.2 Å². The molecule has 0 aromatic heterocycles. The zero-order chi connectivity index (χ0) is 17.1. The van der Waals surface area contributed by atoms with E-state index in [9.17, 15) is 9.18 Å². The van der Waals surface area contributed by atoms with Gasteiger partial charge in [0.15, 0.2) is 0 Å². The molecular weight excluding hydrogens is 336 g/mol. The molecular formula is C18H18Cl2FNO. The highest BCUT2D eigenvalue weighted by Gasteiger charge is 2.27. The Labute approximate surface area is 145 Å². The maximum atomic E-state index is 14.4. The number of ketones is 1. The lowest BCUT2D eigenvalue weighted by molar-refractivity contribution is -0.117. The first-order valence-corrected chi connectivity index (χ1v) is 8.05. The summed E-state index contributed by atoms with van der Waals surface area (Å²) in [6.07, 6.45) is 0.209. The van der Waals surface area contributed by atoms with Crippen LogP contribution >= 0.6 is 23.2 Å². The first-order chi connectivity index (χ1) is 10.8. The first-order valence-electron chi connectivity index (χ1n) is 7.29. The molecule has 0 radical (unpaired) electrons. The molecule has 2 N–H and O–H groups in total. The lowest BCUT2D eigenvalue weighted by Crippen LogP contribution is -2.15. The van der Waals surface area contributed by atoms with Crippen LogP contribution in [0.1, 0.15) is 43.2 Å². The van der Waals surface area contributed by atoms with E-state index in [1.807, 2.05) is 13.0 Å². The van der Waals surface area contributed by atoms with Crippen LogP contribution in [-0.2, 0) is 4.79 Å². The molecule has 2 aromatic rings. The van der Waals surface area contributed by atoms with Gasteiger partial charge in [-0.1, -0.05) is 48.3 Å². The summed E-state index contributed by atoms with van der Waals surface area (Å²) in [5.74, 6) is -1.02. The lowest BCUT2D eigenvalue weighted by Gasteiger charge is -2.26. The average molecular weight is 354 g/mol. The molecule has 2 unspecified atom stereocenters. The summed E-state index contributed by atoms with van der Waals surface area (Å²) in [7, 11) is 0. The minimum atomic E-state index is -0.486. The van der Waals surface area contributed by atoms with E-state index in [0.717, 1.165) is 5.56 Å². The number of Topliss-reactive ketones (excluding diaryl/α,β-unsaturated/α-hetero) is 1. The molecule has 0 saturated heterocycles. The second kappa shape index (κ2) is 7.33. The van der Waals surface area contributed by atoms with E-state index in [1.165, 1.54) is 13.0 Å². The van der Waals surface area contributed by atoms with E-state index in [0.29, 0.717) is 16.3 Å². The van der Waals surface area contributed by atoms with Gasteiger partial charge < -0.3 is 10.5 Å². The largest absolute Gasteiger partial charge is 0.398 e. The SMILES string of the molecule is CC(=O)CC(c1cccc(Cl)c1F)C(C)c1ccc(Cl)cc1N. The molecule has 0 heterocycles. The standard InChI is InChI=1S/C18H18Cl2FNO/c1-10(23)8-15(14-4-3-5-16(20)18(14)21)11(2)13-7-6-12(19)9-17(13)22/h3-7,9,11,15H,8,22H2,1-2H3. The van der Waals surface area contributed by atoms with Gasteiger partial charge in [0.05, 0.1) is 5.02 Å². The van der Waals surface area contributed by atoms with Crippen LogP contribution in [0.2, 0.25) is 10.0 Å². The summed E-state index contributed by atoms with van der Waals surface area (Å²) in [4.78, 5) is 11.7. The van der Waals surface area contributed by atoms with Crippen molar-refractivity contribution >= 4 is 34.7 Å². The van der Waals surface area contributed by atoms with Gasteiger partial charge in [0, 0.05) is 23.0 Å². The monoisotopic (exact) mass is 353 g/mol. The molecule has 5 heteroatoms. The molecule has 0 amide bonds. The summed E-state index contributed by atoms with van der Waals surface area (Å²) < 4.78 is 14.4. The topological polar surface area (TPSA) is 43.1 Å². The summed E-state index contributed by atoms with van der Waals surface area (Å²) in [5.41, 5.74) is 7.84. The van der Waals surface area contributed by atoms with Crippen molar-refractivity contribution in [2.45, 2.75) is 32.1 Å². The summed E-state index contributed by atoms with van der Waals surface area (Å²) in [5, 5.41) is 0.586. The van der Waals surface area contributed by atoms with Crippen molar-refractivity contribution in [3.63, 3.8) is 0 Å². The smallest absolute Gasteiger partial charge is 0.145 e. The van der Waals surface area contributed by atoms with Gasteiger partial charge in [0.25, 0.3) is 0 Å². The molecule has 0 spiro atoms. The molecule has 122 valence electrons. The molecule has 2 nitrogen and oxygen atoms in total. The van der Waals surface area contributed by atoms with Crippen molar-refractivity contribution in [2.75, 3.05) is 5.73 Å². The first kappa shape index (κ1) is 17.8. The number of carbonyl (C=O) groups excluding carboxylic acids is 1. The predicted molar refractivity (Wildman–Crippen MR) is 93.7 cm³/mol. The van der Waals surface area contributed by atoms with Gasteiger partial charge in [-0.2, -0.15) is 0 Å².